The molecule has 0 aliphatic carbocycles. The molecule has 0 atom stereocenters. The molecule has 1 aliphatic heterocycles. The fraction of sp³-hybridized carbons (Fsp3) is 0.0294. The molecule has 0 radical (unpaired) electrons. The van der Waals surface area contributed by atoms with Crippen LogP contribution in [0.3, 0.4) is 0 Å². The summed E-state index contributed by atoms with van der Waals surface area (Å²) in [6, 6.07) is 35.3. The first-order valence-electron chi connectivity index (χ1n) is 13.0. The van der Waals surface area contributed by atoms with Crippen LogP contribution in [0.25, 0.3) is 34.3 Å². The summed E-state index contributed by atoms with van der Waals surface area (Å²) in [6.07, 6.45) is 1.56. The molecule has 1 aliphatic rings. The van der Waals surface area contributed by atoms with Crippen LogP contribution in [-0.4, -0.2) is 22.4 Å². The van der Waals surface area contributed by atoms with E-state index in [0.717, 1.165) is 38.7 Å². The van der Waals surface area contributed by atoms with E-state index in [1.807, 2.05) is 110 Å². The summed E-state index contributed by atoms with van der Waals surface area (Å²) < 4.78 is 2.08. The lowest BCUT2D eigenvalue weighted by atomic mass is 10.0. The summed E-state index contributed by atoms with van der Waals surface area (Å²) >= 11 is 6.23. The van der Waals surface area contributed by atoms with Crippen molar-refractivity contribution in [1.29, 1.82) is 0 Å². The quantitative estimate of drug-likeness (QED) is 0.180. The molecule has 200 valence electrons. The molecule has 2 heterocycles. The highest BCUT2D eigenvalue weighted by molar-refractivity contribution is 6.39. The second kappa shape index (κ2) is 10.8. The monoisotopic (exact) mass is 557 g/mol. The van der Waals surface area contributed by atoms with E-state index >= 15 is 0 Å². The highest BCUT2D eigenvalue weighted by Crippen LogP contribution is 2.38. The van der Waals surface area contributed by atoms with Gasteiger partial charge in [0.15, 0.2) is 0 Å². The SMILES string of the molecule is Cc1ccc(N2C(=O)NC(=O)/C(=C/c3cc(-c4ccccc4)n(-c4ccc(Cl)cc4)c3-c3ccccc3)C2=O)cc1. The van der Waals surface area contributed by atoms with E-state index in [2.05, 4.69) is 9.88 Å². The number of nitrogens with zero attached hydrogens (tertiary/aromatic N) is 2. The average Bonchev–Trinajstić information content (AvgIpc) is 3.36. The molecule has 0 spiro atoms. The molecule has 1 saturated heterocycles. The third kappa shape index (κ3) is 4.97. The van der Waals surface area contributed by atoms with Gasteiger partial charge in [0.1, 0.15) is 5.57 Å². The number of imide groups is 2. The first-order chi connectivity index (χ1) is 19.9. The van der Waals surface area contributed by atoms with Crippen LogP contribution in [0.5, 0.6) is 0 Å². The van der Waals surface area contributed by atoms with Crippen molar-refractivity contribution in [1.82, 2.24) is 9.88 Å². The summed E-state index contributed by atoms with van der Waals surface area (Å²) in [7, 11) is 0. The minimum absolute atomic E-state index is 0.143. The summed E-state index contributed by atoms with van der Waals surface area (Å²) in [6.45, 7) is 1.91. The zero-order valence-corrected chi connectivity index (χ0v) is 22.8. The molecule has 1 N–H and O–H groups in total. The zero-order valence-electron chi connectivity index (χ0n) is 22.0. The third-order valence-corrected chi connectivity index (χ3v) is 7.18. The first kappa shape index (κ1) is 26.0. The number of carbonyl (C=O) groups is 3. The van der Waals surface area contributed by atoms with Crippen molar-refractivity contribution in [2.45, 2.75) is 6.92 Å². The van der Waals surface area contributed by atoms with Crippen molar-refractivity contribution in [3.63, 3.8) is 0 Å². The number of hydrogen-bond donors (Lipinski definition) is 1. The van der Waals surface area contributed by atoms with Crippen molar-refractivity contribution >= 4 is 41.2 Å². The molecule has 0 unspecified atom stereocenters. The highest BCUT2D eigenvalue weighted by Gasteiger charge is 2.37. The Balaban J connectivity index is 1.59. The topological polar surface area (TPSA) is 71.4 Å². The molecular weight excluding hydrogens is 534 g/mol. The Kier molecular flexibility index (Phi) is 6.83. The van der Waals surface area contributed by atoms with Gasteiger partial charge < -0.3 is 4.57 Å². The van der Waals surface area contributed by atoms with Crippen LogP contribution in [0.1, 0.15) is 11.1 Å². The fourth-order valence-corrected chi connectivity index (χ4v) is 5.08. The Bertz CT molecular complexity index is 1810. The molecule has 1 aromatic heterocycles. The second-order valence-electron chi connectivity index (χ2n) is 9.67. The standard InChI is InChI=1S/C34H24ClN3O3/c1-22-12-16-28(17-13-22)38-33(40)29(32(39)36-34(38)41)20-25-21-30(23-8-4-2-5-9-23)37(27-18-14-26(35)15-19-27)31(25)24-10-6-3-7-11-24/h2-21H,1H3,(H,36,39,41)/b29-20-. The Labute approximate surface area is 242 Å². The van der Waals surface area contributed by atoms with Crippen molar-refractivity contribution in [3.8, 4) is 28.2 Å². The number of nitrogens with one attached hydrogen (secondary N) is 1. The van der Waals surface area contributed by atoms with Gasteiger partial charge in [0.2, 0.25) is 0 Å². The number of barbiturate groups is 1. The van der Waals surface area contributed by atoms with E-state index in [0.29, 0.717) is 16.3 Å². The van der Waals surface area contributed by atoms with Gasteiger partial charge in [-0.25, -0.2) is 9.69 Å². The van der Waals surface area contributed by atoms with Gasteiger partial charge in [0.25, 0.3) is 11.8 Å². The van der Waals surface area contributed by atoms with Crippen LogP contribution in [0.4, 0.5) is 10.5 Å². The number of hydrogen-bond acceptors (Lipinski definition) is 3. The van der Waals surface area contributed by atoms with Crippen molar-refractivity contribution < 1.29 is 14.4 Å². The zero-order chi connectivity index (χ0) is 28.5. The summed E-state index contributed by atoms with van der Waals surface area (Å²) in [4.78, 5) is 40.6. The minimum atomic E-state index is -0.784. The number of rotatable bonds is 5. The number of carbonyl (C=O) groups excluding carboxylic acids is 3. The molecule has 0 saturated carbocycles. The van der Waals surface area contributed by atoms with Gasteiger partial charge in [0, 0.05) is 16.3 Å². The van der Waals surface area contributed by atoms with E-state index in [-0.39, 0.29) is 5.57 Å². The predicted octanol–water partition coefficient (Wildman–Crippen LogP) is 7.44. The van der Waals surface area contributed by atoms with Crippen LogP contribution < -0.4 is 10.2 Å². The highest BCUT2D eigenvalue weighted by atomic mass is 35.5. The molecule has 6 rings (SSSR count). The van der Waals surface area contributed by atoms with E-state index in [4.69, 9.17) is 11.6 Å². The smallest absolute Gasteiger partial charge is 0.309 e. The molecule has 5 aromatic rings. The molecule has 0 bridgehead atoms. The van der Waals surface area contributed by atoms with E-state index in [1.54, 1.807) is 18.2 Å². The minimum Gasteiger partial charge on any atom is -0.309 e. The lowest BCUT2D eigenvalue weighted by molar-refractivity contribution is -0.122. The molecule has 4 amide bonds. The maximum absolute atomic E-state index is 13.7. The Hall–Kier alpha value is -5.20. The van der Waals surface area contributed by atoms with Gasteiger partial charge in [-0.3, -0.25) is 14.9 Å². The van der Waals surface area contributed by atoms with Crippen LogP contribution >= 0.6 is 11.6 Å². The second-order valence-corrected chi connectivity index (χ2v) is 10.1. The molecule has 7 heteroatoms. The Morgan fingerprint density at radius 3 is 1.93 bits per heavy atom. The Morgan fingerprint density at radius 2 is 1.29 bits per heavy atom. The van der Waals surface area contributed by atoms with Crippen LogP contribution in [0, 0.1) is 6.92 Å². The van der Waals surface area contributed by atoms with Gasteiger partial charge in [-0.15, -0.1) is 0 Å². The molecular formula is C34H24ClN3O3. The van der Waals surface area contributed by atoms with Crippen LogP contribution in [0.15, 0.2) is 121 Å². The van der Waals surface area contributed by atoms with Gasteiger partial charge in [-0.05, 0) is 66.6 Å². The number of halogens is 1. The number of anilines is 1. The van der Waals surface area contributed by atoms with Crippen LogP contribution in [0.2, 0.25) is 5.02 Å². The normalized spacial score (nSPS) is 14.4. The summed E-state index contributed by atoms with van der Waals surface area (Å²) in [5.41, 5.74) is 6.17. The fourth-order valence-electron chi connectivity index (χ4n) is 4.95. The van der Waals surface area contributed by atoms with Crippen molar-refractivity contribution in [2.75, 3.05) is 4.90 Å². The maximum atomic E-state index is 13.7. The summed E-state index contributed by atoms with van der Waals surface area (Å²) in [5.74, 6) is -1.44. The predicted molar refractivity (Wildman–Crippen MR) is 162 cm³/mol. The lowest BCUT2D eigenvalue weighted by Gasteiger charge is -2.26. The Morgan fingerprint density at radius 1 is 0.707 bits per heavy atom. The number of aryl methyl sites for hydroxylation is 1. The first-order valence-corrected chi connectivity index (χ1v) is 13.4. The van der Waals surface area contributed by atoms with E-state index < -0.39 is 17.8 Å². The van der Waals surface area contributed by atoms with Crippen molar-refractivity contribution in [3.05, 3.63) is 137 Å². The molecule has 6 nitrogen and oxygen atoms in total. The largest absolute Gasteiger partial charge is 0.335 e. The average molecular weight is 558 g/mol. The molecule has 4 aromatic carbocycles. The van der Waals surface area contributed by atoms with Crippen molar-refractivity contribution in [2.24, 2.45) is 0 Å². The van der Waals surface area contributed by atoms with Gasteiger partial charge in [-0.1, -0.05) is 90.0 Å². The van der Waals surface area contributed by atoms with Crippen LogP contribution in [-0.2, 0) is 9.59 Å². The lowest BCUT2D eigenvalue weighted by Crippen LogP contribution is -2.54. The number of aromatic nitrogens is 1. The van der Waals surface area contributed by atoms with Gasteiger partial charge in [-0.2, -0.15) is 0 Å². The van der Waals surface area contributed by atoms with E-state index in [9.17, 15) is 14.4 Å². The number of urea groups is 1. The maximum Gasteiger partial charge on any atom is 0.335 e. The number of amides is 4. The third-order valence-electron chi connectivity index (χ3n) is 6.93. The molecule has 1 fully saturated rings. The summed E-state index contributed by atoms with van der Waals surface area (Å²) in [5, 5.41) is 2.94. The van der Waals surface area contributed by atoms with Gasteiger partial charge >= 0.3 is 6.03 Å². The van der Waals surface area contributed by atoms with Gasteiger partial charge in [0.05, 0.1) is 17.1 Å². The molecule has 41 heavy (non-hydrogen) atoms. The number of benzene rings is 4. The van der Waals surface area contributed by atoms with E-state index in [1.165, 1.54) is 0 Å².